The van der Waals surface area contributed by atoms with Crippen LogP contribution in [-0.2, 0) is 17.4 Å². The Kier molecular flexibility index (Phi) is 8.22. The molecule has 3 aromatic carbocycles. The highest BCUT2D eigenvalue weighted by molar-refractivity contribution is 6.00. The SMILES string of the molecule is CC(C)Oc1ccc(/C(=C\C=C\C(=O)Nc2cccc3c2CC(O)CN3)c2ccc(C(F)(F)F)cc2)cc1. The largest absolute Gasteiger partial charge is 0.491 e. The predicted octanol–water partition coefficient (Wildman–Crippen LogP) is 6.45. The van der Waals surface area contributed by atoms with Gasteiger partial charge in [-0.15, -0.1) is 0 Å². The van der Waals surface area contributed by atoms with Gasteiger partial charge >= 0.3 is 6.18 Å². The Hall–Kier alpha value is -4.04. The number of aliphatic hydroxyl groups is 1. The molecular formula is C30H29F3N2O3. The van der Waals surface area contributed by atoms with E-state index >= 15 is 0 Å². The molecule has 0 spiro atoms. The third-order valence-electron chi connectivity index (χ3n) is 5.97. The van der Waals surface area contributed by atoms with Crippen LogP contribution >= 0.6 is 0 Å². The summed E-state index contributed by atoms with van der Waals surface area (Å²) < 4.78 is 45.0. The molecule has 0 aromatic heterocycles. The van der Waals surface area contributed by atoms with Gasteiger partial charge in [0.1, 0.15) is 5.75 Å². The number of ether oxygens (including phenoxy) is 1. The first-order valence-corrected chi connectivity index (χ1v) is 12.3. The van der Waals surface area contributed by atoms with Crippen molar-refractivity contribution < 1.29 is 27.8 Å². The van der Waals surface area contributed by atoms with Gasteiger partial charge in [-0.2, -0.15) is 13.2 Å². The number of fused-ring (bicyclic) bond motifs is 1. The number of carbonyl (C=O) groups excluding carboxylic acids is 1. The highest BCUT2D eigenvalue weighted by atomic mass is 19.4. The second-order valence-electron chi connectivity index (χ2n) is 9.27. The van der Waals surface area contributed by atoms with Crippen LogP contribution in [0, 0.1) is 0 Å². The number of benzene rings is 3. The van der Waals surface area contributed by atoms with Crippen LogP contribution in [0.25, 0.3) is 5.57 Å². The first kappa shape index (κ1) is 27.0. The molecule has 0 fully saturated rings. The number of aliphatic hydroxyl groups excluding tert-OH is 1. The van der Waals surface area contributed by atoms with Gasteiger partial charge in [0.2, 0.25) is 5.91 Å². The summed E-state index contributed by atoms with van der Waals surface area (Å²) in [6.45, 7) is 4.29. The van der Waals surface area contributed by atoms with Crippen molar-refractivity contribution >= 4 is 22.9 Å². The van der Waals surface area contributed by atoms with Crippen molar-refractivity contribution in [3.05, 3.63) is 107 Å². The first-order valence-electron chi connectivity index (χ1n) is 12.3. The van der Waals surface area contributed by atoms with Gasteiger partial charge in [0.05, 0.1) is 17.8 Å². The van der Waals surface area contributed by atoms with Crippen molar-refractivity contribution in [3.8, 4) is 5.75 Å². The molecule has 0 radical (unpaired) electrons. The van der Waals surface area contributed by atoms with Gasteiger partial charge in [-0.3, -0.25) is 4.79 Å². The second-order valence-corrected chi connectivity index (χ2v) is 9.27. The molecule has 1 atom stereocenters. The van der Waals surface area contributed by atoms with E-state index in [0.29, 0.717) is 35.5 Å². The van der Waals surface area contributed by atoms with E-state index in [2.05, 4.69) is 10.6 Å². The third kappa shape index (κ3) is 6.83. The minimum Gasteiger partial charge on any atom is -0.491 e. The molecule has 0 saturated heterocycles. The van der Waals surface area contributed by atoms with Crippen LogP contribution < -0.4 is 15.4 Å². The summed E-state index contributed by atoms with van der Waals surface area (Å²) in [5, 5.41) is 16.0. The highest BCUT2D eigenvalue weighted by Crippen LogP contribution is 2.32. The smallest absolute Gasteiger partial charge is 0.416 e. The number of anilines is 2. The molecule has 0 bridgehead atoms. The first-order chi connectivity index (χ1) is 18.1. The fourth-order valence-corrected chi connectivity index (χ4v) is 4.21. The van der Waals surface area contributed by atoms with Crippen LogP contribution in [-0.4, -0.2) is 29.8 Å². The lowest BCUT2D eigenvalue weighted by Gasteiger charge is -2.24. The molecule has 1 amide bonds. The van der Waals surface area contributed by atoms with E-state index in [-0.39, 0.29) is 12.0 Å². The fourth-order valence-electron chi connectivity index (χ4n) is 4.21. The summed E-state index contributed by atoms with van der Waals surface area (Å²) >= 11 is 0. The summed E-state index contributed by atoms with van der Waals surface area (Å²) in [6.07, 6.45) is 0.0568. The zero-order valence-electron chi connectivity index (χ0n) is 21.0. The number of β-amino-alcohol motifs (C(OH)–C–C–N with tert-alkyl or cyclic N) is 1. The van der Waals surface area contributed by atoms with Crippen LogP contribution in [0.3, 0.4) is 0 Å². The summed E-state index contributed by atoms with van der Waals surface area (Å²) in [4.78, 5) is 12.7. The average molecular weight is 523 g/mol. The van der Waals surface area contributed by atoms with Gasteiger partial charge in [0, 0.05) is 36.0 Å². The molecule has 1 aliphatic rings. The summed E-state index contributed by atoms with van der Waals surface area (Å²) in [6, 6.07) is 17.6. The van der Waals surface area contributed by atoms with Crippen molar-refractivity contribution in [2.75, 3.05) is 17.2 Å². The van der Waals surface area contributed by atoms with Crippen LogP contribution in [0.1, 0.15) is 36.1 Å². The number of alkyl halides is 3. The Morgan fingerprint density at radius 3 is 2.34 bits per heavy atom. The minimum absolute atomic E-state index is 0.00138. The van der Waals surface area contributed by atoms with E-state index in [4.69, 9.17) is 4.74 Å². The maximum atomic E-state index is 13.1. The monoisotopic (exact) mass is 522 g/mol. The number of hydrogen-bond acceptors (Lipinski definition) is 4. The van der Waals surface area contributed by atoms with Crippen molar-refractivity contribution in [2.45, 2.75) is 38.7 Å². The fraction of sp³-hybridized carbons (Fsp3) is 0.233. The Bertz CT molecular complexity index is 1330. The van der Waals surface area contributed by atoms with Gasteiger partial charge < -0.3 is 20.5 Å². The molecule has 3 N–H and O–H groups in total. The van der Waals surface area contributed by atoms with Crippen LogP contribution in [0.15, 0.2) is 85.0 Å². The van der Waals surface area contributed by atoms with E-state index in [1.807, 2.05) is 38.1 Å². The van der Waals surface area contributed by atoms with Crippen LogP contribution in [0.5, 0.6) is 5.75 Å². The van der Waals surface area contributed by atoms with Gasteiger partial charge in [0.15, 0.2) is 0 Å². The molecule has 8 heteroatoms. The van der Waals surface area contributed by atoms with E-state index in [9.17, 15) is 23.1 Å². The molecule has 0 saturated carbocycles. The number of rotatable bonds is 7. The van der Waals surface area contributed by atoms with Crippen molar-refractivity contribution in [3.63, 3.8) is 0 Å². The van der Waals surface area contributed by atoms with Crippen molar-refractivity contribution in [1.29, 1.82) is 0 Å². The zero-order valence-corrected chi connectivity index (χ0v) is 21.0. The Morgan fingerprint density at radius 1 is 1.05 bits per heavy atom. The highest BCUT2D eigenvalue weighted by Gasteiger charge is 2.30. The molecule has 198 valence electrons. The normalized spacial score (nSPS) is 15.8. The van der Waals surface area contributed by atoms with E-state index in [1.54, 1.807) is 30.4 Å². The van der Waals surface area contributed by atoms with Gasteiger partial charge in [0.25, 0.3) is 0 Å². The lowest BCUT2D eigenvalue weighted by Crippen LogP contribution is -2.28. The quantitative estimate of drug-likeness (QED) is 0.246. The Labute approximate surface area is 219 Å². The van der Waals surface area contributed by atoms with E-state index < -0.39 is 17.8 Å². The molecule has 4 rings (SSSR count). The van der Waals surface area contributed by atoms with Crippen LogP contribution in [0.4, 0.5) is 24.5 Å². The van der Waals surface area contributed by atoms with Gasteiger partial charge in [-0.05, 0) is 66.9 Å². The Morgan fingerprint density at radius 2 is 1.71 bits per heavy atom. The number of hydrogen-bond donors (Lipinski definition) is 3. The van der Waals surface area contributed by atoms with Gasteiger partial charge in [-0.25, -0.2) is 0 Å². The maximum absolute atomic E-state index is 13.1. The summed E-state index contributed by atoms with van der Waals surface area (Å²) in [7, 11) is 0. The summed E-state index contributed by atoms with van der Waals surface area (Å²) in [5.41, 5.74) is 3.53. The van der Waals surface area contributed by atoms with E-state index in [1.165, 1.54) is 18.2 Å². The molecule has 1 unspecified atom stereocenters. The standard InChI is InChI=1S/C30H29F3N2O3/c1-19(2)38-24-15-11-21(12-16-24)25(20-9-13-22(14-10-20)30(31,32)33)5-3-8-29(37)35-28-7-4-6-27-26(28)17-23(36)18-34-27/h3-16,19,23,34,36H,17-18H2,1-2H3,(H,35,37)/b8-3+,25-5-. The topological polar surface area (TPSA) is 70.6 Å². The predicted molar refractivity (Wildman–Crippen MR) is 143 cm³/mol. The van der Waals surface area contributed by atoms with Gasteiger partial charge in [-0.1, -0.05) is 42.5 Å². The van der Waals surface area contributed by atoms with Crippen LogP contribution in [0.2, 0.25) is 0 Å². The number of allylic oxidation sites excluding steroid dienone is 2. The number of amides is 1. The molecular weight excluding hydrogens is 493 g/mol. The molecule has 1 aliphatic heterocycles. The number of carbonyl (C=O) groups is 1. The zero-order chi connectivity index (χ0) is 27.3. The number of halogens is 3. The molecule has 0 aliphatic carbocycles. The second kappa shape index (κ2) is 11.6. The lowest BCUT2D eigenvalue weighted by molar-refractivity contribution is -0.137. The lowest BCUT2D eigenvalue weighted by atomic mass is 9.96. The average Bonchev–Trinajstić information content (AvgIpc) is 2.87. The van der Waals surface area contributed by atoms with E-state index in [0.717, 1.165) is 28.9 Å². The Balaban J connectivity index is 1.59. The molecule has 3 aromatic rings. The van der Waals surface area contributed by atoms with Crippen molar-refractivity contribution in [2.24, 2.45) is 0 Å². The van der Waals surface area contributed by atoms with Crippen molar-refractivity contribution in [1.82, 2.24) is 0 Å². The minimum atomic E-state index is -4.43. The molecule has 38 heavy (non-hydrogen) atoms. The summed E-state index contributed by atoms with van der Waals surface area (Å²) in [5.74, 6) is 0.304. The maximum Gasteiger partial charge on any atom is 0.416 e. The molecule has 1 heterocycles. The number of nitrogens with one attached hydrogen (secondary N) is 2. The third-order valence-corrected chi connectivity index (χ3v) is 5.97. The molecule has 5 nitrogen and oxygen atoms in total.